The van der Waals surface area contributed by atoms with Crippen LogP contribution < -0.4 is 0 Å². The van der Waals surface area contributed by atoms with E-state index < -0.39 is 0 Å². The molecule has 1 aromatic heterocycles. The second-order valence-corrected chi connectivity index (χ2v) is 7.10. The van der Waals surface area contributed by atoms with E-state index in [0.29, 0.717) is 6.54 Å². The van der Waals surface area contributed by atoms with Crippen molar-refractivity contribution in [1.29, 1.82) is 0 Å². The van der Waals surface area contributed by atoms with Crippen molar-refractivity contribution in [2.45, 2.75) is 33.1 Å². The molecule has 1 aliphatic heterocycles. The number of aromatic nitrogens is 1. The van der Waals surface area contributed by atoms with Gasteiger partial charge < -0.3 is 4.57 Å². The maximum atomic E-state index is 13.1. The van der Waals surface area contributed by atoms with Crippen LogP contribution >= 0.6 is 0 Å². The Balaban J connectivity index is 2.04. The molecule has 0 atom stereocenters. The molecule has 1 aliphatic rings. The van der Waals surface area contributed by atoms with Gasteiger partial charge in [-0.15, -0.1) is 0 Å². The third kappa shape index (κ3) is 3.45. The van der Waals surface area contributed by atoms with Crippen molar-refractivity contribution in [1.82, 2.24) is 9.47 Å². The molecule has 2 heterocycles. The number of piperidine rings is 1. The van der Waals surface area contributed by atoms with Crippen LogP contribution in [0.2, 0.25) is 0 Å². The zero-order valence-corrected chi connectivity index (χ0v) is 15.9. The fourth-order valence-electron chi connectivity index (χ4n) is 3.92. The largest absolute Gasteiger partial charge is 0.313 e. The molecule has 0 amide bonds. The summed E-state index contributed by atoms with van der Waals surface area (Å²) >= 11 is 0. The van der Waals surface area contributed by atoms with E-state index in [1.807, 2.05) is 13.0 Å². The van der Waals surface area contributed by atoms with Crippen LogP contribution in [0, 0.1) is 13.8 Å². The second-order valence-electron chi connectivity index (χ2n) is 7.10. The van der Waals surface area contributed by atoms with Crippen LogP contribution in [0.4, 0.5) is 0 Å². The number of rotatable bonds is 6. The molecule has 1 fully saturated rings. The molecule has 136 valence electrons. The first kappa shape index (κ1) is 18.4. The van der Waals surface area contributed by atoms with Crippen LogP contribution in [-0.2, 0) is 0 Å². The number of carbonyl (C=O) groups is 1. The number of ketones is 1. The van der Waals surface area contributed by atoms with Gasteiger partial charge in [0.1, 0.15) is 0 Å². The fourth-order valence-corrected chi connectivity index (χ4v) is 3.92. The number of aryl methyl sites for hydroxylation is 1. The number of hydrogen-bond acceptors (Lipinski definition) is 2. The molecule has 0 unspecified atom stereocenters. The summed E-state index contributed by atoms with van der Waals surface area (Å²) in [6, 6.07) is 8.34. The van der Waals surface area contributed by atoms with Crippen LogP contribution in [0.15, 0.2) is 37.4 Å². The zero-order valence-electron chi connectivity index (χ0n) is 15.9. The quantitative estimate of drug-likeness (QED) is 0.683. The molecular weight excluding hydrogens is 320 g/mol. The molecular formula is C23H28N2O. The van der Waals surface area contributed by atoms with Gasteiger partial charge in [-0.25, -0.2) is 0 Å². The highest BCUT2D eigenvalue weighted by Crippen LogP contribution is 2.29. The van der Waals surface area contributed by atoms with Crippen LogP contribution in [0.3, 0.4) is 0 Å². The Morgan fingerprint density at radius 2 is 1.69 bits per heavy atom. The number of nitrogens with zero attached hydrogens (tertiary/aromatic N) is 2. The molecule has 3 nitrogen and oxygen atoms in total. The fraction of sp³-hybridized carbons (Fsp3) is 0.348. The first-order chi connectivity index (χ1) is 12.6. The maximum Gasteiger partial charge on any atom is 0.179 e. The van der Waals surface area contributed by atoms with Crippen LogP contribution in [0.25, 0.3) is 17.8 Å². The summed E-state index contributed by atoms with van der Waals surface area (Å²) in [6.45, 7) is 14.5. The molecule has 3 rings (SSSR count). The highest BCUT2D eigenvalue weighted by molar-refractivity contribution is 6.03. The van der Waals surface area contributed by atoms with Gasteiger partial charge >= 0.3 is 0 Å². The molecule has 1 aromatic carbocycles. The predicted octanol–water partition coefficient (Wildman–Crippen LogP) is 5.05. The second kappa shape index (κ2) is 7.88. The Hall–Kier alpha value is -2.39. The Morgan fingerprint density at radius 3 is 2.27 bits per heavy atom. The molecule has 26 heavy (non-hydrogen) atoms. The van der Waals surface area contributed by atoms with E-state index in [4.69, 9.17) is 0 Å². The number of likely N-dealkylation sites (tertiary alicyclic amines) is 1. The van der Waals surface area contributed by atoms with Crippen LogP contribution in [-0.4, -0.2) is 34.9 Å². The van der Waals surface area contributed by atoms with Gasteiger partial charge in [0.2, 0.25) is 0 Å². The lowest BCUT2D eigenvalue weighted by Crippen LogP contribution is -2.34. The van der Waals surface area contributed by atoms with Gasteiger partial charge in [-0.1, -0.05) is 43.4 Å². The van der Waals surface area contributed by atoms with Crippen molar-refractivity contribution in [2.75, 3.05) is 19.6 Å². The van der Waals surface area contributed by atoms with Crippen LogP contribution in [0.1, 0.15) is 52.1 Å². The molecule has 0 aliphatic carbocycles. The average Bonchev–Trinajstić information content (AvgIpc) is 2.94. The first-order valence-electron chi connectivity index (χ1n) is 9.39. The van der Waals surface area contributed by atoms with E-state index in [0.717, 1.165) is 41.3 Å². The molecule has 0 bridgehead atoms. The Bertz CT molecular complexity index is 821. The Labute approximate surface area is 156 Å². The smallest absolute Gasteiger partial charge is 0.179 e. The van der Waals surface area contributed by atoms with Gasteiger partial charge in [-0.05, 0) is 58.0 Å². The molecule has 0 radical (unpaired) electrons. The predicted molar refractivity (Wildman–Crippen MR) is 110 cm³/mol. The van der Waals surface area contributed by atoms with E-state index in [1.165, 1.54) is 24.8 Å². The lowest BCUT2D eigenvalue weighted by atomic mass is 10.0. The molecule has 0 N–H and O–H groups in total. The SMILES string of the molecule is C=Cc1c(C(=O)CN2CCCCC2)c(C)n(-c2ccc(C)cc2)c1C=C. The van der Waals surface area contributed by atoms with Crippen molar-refractivity contribution in [3.05, 3.63) is 65.5 Å². The van der Waals surface area contributed by atoms with Crippen molar-refractivity contribution in [3.63, 3.8) is 0 Å². The number of Topliss-reactive ketones (excluding diaryl/α,β-unsaturated/α-hetero) is 1. The standard InChI is InChI=1S/C23H28N2O/c1-5-20-21(6-2)25(19-12-10-17(3)11-13-19)18(4)23(20)22(26)16-24-14-8-7-9-15-24/h5-6,10-13H,1-2,7-9,14-16H2,3-4H3. The molecule has 1 saturated heterocycles. The van der Waals surface area contributed by atoms with E-state index in [9.17, 15) is 4.79 Å². The molecule has 0 saturated carbocycles. The summed E-state index contributed by atoms with van der Waals surface area (Å²) in [5.74, 6) is 0.174. The van der Waals surface area contributed by atoms with Gasteiger partial charge in [0.05, 0.1) is 12.2 Å². The van der Waals surface area contributed by atoms with E-state index in [2.05, 4.69) is 53.8 Å². The van der Waals surface area contributed by atoms with E-state index in [-0.39, 0.29) is 5.78 Å². The molecule has 2 aromatic rings. The minimum absolute atomic E-state index is 0.174. The lowest BCUT2D eigenvalue weighted by Gasteiger charge is -2.25. The normalized spacial score (nSPS) is 15.0. The van der Waals surface area contributed by atoms with Gasteiger partial charge in [0.15, 0.2) is 5.78 Å². The zero-order chi connectivity index (χ0) is 18.7. The highest BCUT2D eigenvalue weighted by atomic mass is 16.1. The van der Waals surface area contributed by atoms with E-state index in [1.54, 1.807) is 6.08 Å². The number of carbonyl (C=O) groups excluding carboxylic acids is 1. The van der Waals surface area contributed by atoms with Crippen molar-refractivity contribution >= 4 is 17.9 Å². The minimum Gasteiger partial charge on any atom is -0.313 e. The third-order valence-corrected chi connectivity index (χ3v) is 5.27. The highest BCUT2D eigenvalue weighted by Gasteiger charge is 2.24. The van der Waals surface area contributed by atoms with Crippen molar-refractivity contribution in [2.24, 2.45) is 0 Å². The average molecular weight is 348 g/mol. The van der Waals surface area contributed by atoms with Crippen molar-refractivity contribution in [3.8, 4) is 5.69 Å². The van der Waals surface area contributed by atoms with Gasteiger partial charge in [0.25, 0.3) is 0 Å². The summed E-state index contributed by atoms with van der Waals surface area (Å²) in [6.07, 6.45) is 7.25. The Morgan fingerprint density at radius 1 is 1.04 bits per heavy atom. The maximum absolute atomic E-state index is 13.1. The van der Waals surface area contributed by atoms with E-state index >= 15 is 0 Å². The van der Waals surface area contributed by atoms with Gasteiger partial charge in [0, 0.05) is 22.5 Å². The Kier molecular flexibility index (Phi) is 5.58. The summed E-state index contributed by atoms with van der Waals surface area (Å²) in [4.78, 5) is 15.4. The van der Waals surface area contributed by atoms with Crippen molar-refractivity contribution < 1.29 is 4.79 Å². The summed E-state index contributed by atoms with van der Waals surface area (Å²) in [7, 11) is 0. The minimum atomic E-state index is 0.174. The topological polar surface area (TPSA) is 25.2 Å². The van der Waals surface area contributed by atoms with Gasteiger partial charge in [-0.3, -0.25) is 9.69 Å². The molecule has 0 spiro atoms. The number of hydrogen-bond donors (Lipinski definition) is 0. The molecule has 3 heteroatoms. The number of benzene rings is 1. The third-order valence-electron chi connectivity index (χ3n) is 5.27. The summed E-state index contributed by atoms with van der Waals surface area (Å²) in [5, 5.41) is 0. The monoisotopic (exact) mass is 348 g/mol. The first-order valence-corrected chi connectivity index (χ1v) is 9.39. The van der Waals surface area contributed by atoms with Crippen LogP contribution in [0.5, 0.6) is 0 Å². The summed E-state index contributed by atoms with van der Waals surface area (Å²) in [5.41, 5.74) is 5.82. The lowest BCUT2D eigenvalue weighted by molar-refractivity contribution is 0.0915. The summed E-state index contributed by atoms with van der Waals surface area (Å²) < 4.78 is 2.12. The van der Waals surface area contributed by atoms with Gasteiger partial charge in [-0.2, -0.15) is 0 Å².